The fourth-order valence-corrected chi connectivity index (χ4v) is 5.88. The van der Waals surface area contributed by atoms with Gasteiger partial charge in [0.25, 0.3) is 10.0 Å². The summed E-state index contributed by atoms with van der Waals surface area (Å²) in [5.74, 6) is -1.34. The zero-order valence-electron chi connectivity index (χ0n) is 22.4. The third-order valence-electron chi connectivity index (χ3n) is 6.07. The number of carbonyl (C=O) groups excluding carboxylic acids is 2. The summed E-state index contributed by atoms with van der Waals surface area (Å²) in [6, 6.07) is 17.7. The monoisotopic (exact) mass is 617 g/mol. The molecule has 0 aliphatic rings. The first-order chi connectivity index (χ1) is 18.4. The molecular weight excluding hydrogens is 585 g/mol. The number of nitrogens with zero attached hydrogens (tertiary/aromatic N) is 2. The van der Waals surface area contributed by atoms with Crippen LogP contribution in [0.4, 0.5) is 10.1 Å². The van der Waals surface area contributed by atoms with Crippen LogP contribution in [0.3, 0.4) is 0 Å². The van der Waals surface area contributed by atoms with E-state index in [1.165, 1.54) is 41.3 Å². The van der Waals surface area contributed by atoms with Crippen LogP contribution in [0.25, 0.3) is 0 Å². The predicted octanol–water partition coefficient (Wildman–Crippen LogP) is 5.42. The number of rotatable bonds is 11. The largest absolute Gasteiger partial charge is 0.352 e. The van der Waals surface area contributed by atoms with Crippen molar-refractivity contribution in [3.63, 3.8) is 0 Å². The molecule has 3 aromatic carbocycles. The number of hydrogen-bond acceptors (Lipinski definition) is 4. The Morgan fingerprint density at radius 3 is 2.21 bits per heavy atom. The Morgan fingerprint density at radius 1 is 1.00 bits per heavy atom. The second-order valence-electron chi connectivity index (χ2n) is 9.54. The van der Waals surface area contributed by atoms with Crippen LogP contribution in [0, 0.1) is 12.7 Å². The number of benzene rings is 3. The average Bonchev–Trinajstić information content (AvgIpc) is 2.88. The lowest BCUT2D eigenvalue weighted by molar-refractivity contribution is -0.140. The van der Waals surface area contributed by atoms with E-state index in [0.29, 0.717) is 22.1 Å². The first-order valence-corrected chi connectivity index (χ1v) is 14.8. The van der Waals surface area contributed by atoms with Gasteiger partial charge in [0.05, 0.1) is 10.6 Å². The van der Waals surface area contributed by atoms with Gasteiger partial charge in [-0.25, -0.2) is 12.8 Å². The van der Waals surface area contributed by atoms with E-state index in [1.807, 2.05) is 20.8 Å². The fourth-order valence-electron chi connectivity index (χ4n) is 4.08. The van der Waals surface area contributed by atoms with Crippen molar-refractivity contribution in [2.45, 2.75) is 57.6 Å². The summed E-state index contributed by atoms with van der Waals surface area (Å²) in [4.78, 5) is 28.5. The van der Waals surface area contributed by atoms with Crippen molar-refractivity contribution in [3.05, 3.63) is 94.2 Å². The second kappa shape index (κ2) is 13.2. The molecule has 0 aliphatic heterocycles. The van der Waals surface area contributed by atoms with Crippen molar-refractivity contribution in [1.82, 2.24) is 10.2 Å². The molecule has 2 amide bonds. The van der Waals surface area contributed by atoms with Crippen LogP contribution < -0.4 is 9.62 Å². The van der Waals surface area contributed by atoms with E-state index in [0.717, 1.165) is 9.87 Å². The summed E-state index contributed by atoms with van der Waals surface area (Å²) >= 11 is 3.38. The molecule has 3 rings (SSSR count). The molecule has 0 radical (unpaired) electrons. The number of nitrogens with one attached hydrogen (secondary N) is 1. The number of sulfonamides is 1. The van der Waals surface area contributed by atoms with Crippen molar-refractivity contribution in [2.75, 3.05) is 10.8 Å². The quantitative estimate of drug-likeness (QED) is 0.311. The summed E-state index contributed by atoms with van der Waals surface area (Å²) in [7, 11) is -4.15. The van der Waals surface area contributed by atoms with E-state index in [1.54, 1.807) is 43.3 Å². The van der Waals surface area contributed by atoms with Crippen LogP contribution in [0.15, 0.2) is 82.2 Å². The Labute approximate surface area is 238 Å². The minimum Gasteiger partial charge on any atom is -0.352 e. The normalized spacial score (nSPS) is 12.2. The lowest BCUT2D eigenvalue weighted by atomic mass is 10.1. The molecule has 1 atom stereocenters. The number of hydrogen-bond donors (Lipinski definition) is 1. The third-order valence-corrected chi connectivity index (χ3v) is 8.35. The highest BCUT2D eigenvalue weighted by Crippen LogP contribution is 2.27. The Balaban J connectivity index is 2.06. The Kier molecular flexibility index (Phi) is 10.3. The standard InChI is InChI=1S/C29H33BrFN3O4S/c1-5-27(29(36)32-20(2)3)33(18-22-11-13-24(31)14-12-22)28(35)19-34(25-8-6-7-23(30)17-25)39(37,38)26-15-9-21(4)10-16-26/h6-17,20,27H,5,18-19H2,1-4H3,(H,32,36)/t27-/m0/s1. The van der Waals surface area contributed by atoms with E-state index in [-0.39, 0.29) is 23.4 Å². The van der Waals surface area contributed by atoms with Gasteiger partial charge in [-0.05, 0) is 75.2 Å². The van der Waals surface area contributed by atoms with E-state index in [2.05, 4.69) is 21.2 Å². The molecule has 0 saturated heterocycles. The van der Waals surface area contributed by atoms with Crippen molar-refractivity contribution < 1.29 is 22.4 Å². The van der Waals surface area contributed by atoms with Crippen LogP contribution in [0.2, 0.25) is 0 Å². The van der Waals surface area contributed by atoms with Gasteiger partial charge in [-0.15, -0.1) is 0 Å². The maximum absolute atomic E-state index is 14.0. The maximum atomic E-state index is 14.0. The summed E-state index contributed by atoms with van der Waals surface area (Å²) in [6.07, 6.45) is 0.299. The van der Waals surface area contributed by atoms with Gasteiger partial charge < -0.3 is 10.2 Å². The number of aryl methyl sites for hydroxylation is 1. The summed E-state index contributed by atoms with van der Waals surface area (Å²) in [5.41, 5.74) is 1.79. The maximum Gasteiger partial charge on any atom is 0.264 e. The molecule has 1 N–H and O–H groups in total. The first kappa shape index (κ1) is 30.3. The van der Waals surface area contributed by atoms with Gasteiger partial charge >= 0.3 is 0 Å². The lowest BCUT2D eigenvalue weighted by Crippen LogP contribution is -2.53. The highest BCUT2D eigenvalue weighted by atomic mass is 79.9. The summed E-state index contributed by atoms with van der Waals surface area (Å²) in [5, 5.41) is 2.85. The lowest BCUT2D eigenvalue weighted by Gasteiger charge is -2.33. The molecule has 208 valence electrons. The molecule has 39 heavy (non-hydrogen) atoms. The number of amides is 2. The number of halogens is 2. The highest BCUT2D eigenvalue weighted by Gasteiger charge is 2.34. The second-order valence-corrected chi connectivity index (χ2v) is 12.3. The van der Waals surface area contributed by atoms with Crippen LogP contribution in [-0.4, -0.2) is 43.8 Å². The Hall–Kier alpha value is -3.24. The number of carbonyl (C=O) groups is 2. The zero-order valence-corrected chi connectivity index (χ0v) is 24.8. The van der Waals surface area contributed by atoms with Gasteiger partial charge in [0, 0.05) is 17.1 Å². The van der Waals surface area contributed by atoms with Crippen LogP contribution in [0.5, 0.6) is 0 Å². The summed E-state index contributed by atoms with van der Waals surface area (Å²) < 4.78 is 43.0. The van der Waals surface area contributed by atoms with E-state index < -0.39 is 34.3 Å². The molecule has 0 aliphatic carbocycles. The van der Waals surface area contributed by atoms with Crippen LogP contribution in [0.1, 0.15) is 38.3 Å². The molecule has 10 heteroatoms. The minimum atomic E-state index is -4.15. The molecule has 0 unspecified atom stereocenters. The molecule has 0 heterocycles. The SMILES string of the molecule is CC[C@@H](C(=O)NC(C)C)N(Cc1ccc(F)cc1)C(=O)CN(c1cccc(Br)c1)S(=O)(=O)c1ccc(C)cc1. The van der Waals surface area contributed by atoms with Gasteiger partial charge in [-0.2, -0.15) is 0 Å². The Morgan fingerprint density at radius 2 is 1.64 bits per heavy atom. The molecule has 0 spiro atoms. The summed E-state index contributed by atoms with van der Waals surface area (Å²) in [6.45, 7) is 6.73. The van der Waals surface area contributed by atoms with Crippen molar-refractivity contribution in [1.29, 1.82) is 0 Å². The van der Waals surface area contributed by atoms with E-state index in [4.69, 9.17) is 0 Å². The van der Waals surface area contributed by atoms with Crippen molar-refractivity contribution in [3.8, 4) is 0 Å². The minimum absolute atomic E-state index is 0.0000384. The van der Waals surface area contributed by atoms with Crippen molar-refractivity contribution in [2.24, 2.45) is 0 Å². The van der Waals surface area contributed by atoms with Gasteiger partial charge in [-0.1, -0.05) is 58.7 Å². The third kappa shape index (κ3) is 7.89. The zero-order chi connectivity index (χ0) is 28.7. The number of anilines is 1. The Bertz CT molecular complexity index is 1400. The van der Waals surface area contributed by atoms with Crippen LogP contribution in [-0.2, 0) is 26.2 Å². The van der Waals surface area contributed by atoms with Crippen LogP contribution >= 0.6 is 15.9 Å². The molecule has 0 aromatic heterocycles. The molecule has 0 saturated carbocycles. The van der Waals surface area contributed by atoms with Gasteiger partial charge in [0.1, 0.15) is 18.4 Å². The fraction of sp³-hybridized carbons (Fsp3) is 0.310. The molecule has 0 fully saturated rings. The van der Waals surface area contributed by atoms with Crippen molar-refractivity contribution >= 4 is 43.5 Å². The van der Waals surface area contributed by atoms with E-state index in [9.17, 15) is 22.4 Å². The highest BCUT2D eigenvalue weighted by molar-refractivity contribution is 9.10. The van der Waals surface area contributed by atoms with E-state index >= 15 is 0 Å². The molecule has 0 bridgehead atoms. The topological polar surface area (TPSA) is 86.8 Å². The molecular formula is C29H33BrFN3O4S. The van der Waals surface area contributed by atoms with Gasteiger partial charge in [-0.3, -0.25) is 13.9 Å². The van der Waals surface area contributed by atoms with Gasteiger partial charge in [0.2, 0.25) is 11.8 Å². The average molecular weight is 619 g/mol. The molecule has 3 aromatic rings. The van der Waals surface area contributed by atoms with Gasteiger partial charge in [0.15, 0.2) is 0 Å². The predicted molar refractivity (Wildman–Crippen MR) is 154 cm³/mol. The first-order valence-electron chi connectivity index (χ1n) is 12.6. The molecule has 7 nitrogen and oxygen atoms in total. The smallest absolute Gasteiger partial charge is 0.264 e.